The Kier molecular flexibility index (Phi) is 4.22. The number of aromatic nitrogens is 1. The third-order valence-electron chi connectivity index (χ3n) is 5.70. The van der Waals surface area contributed by atoms with Gasteiger partial charge in [0, 0.05) is 12.1 Å². The highest BCUT2D eigenvalue weighted by Gasteiger charge is 2.58. The second kappa shape index (κ2) is 6.57. The van der Waals surface area contributed by atoms with Gasteiger partial charge in [-0.05, 0) is 29.0 Å². The SMILES string of the molecule is COC(=O)[C@@H]1[C@@H](C(N)=O)[C@H]2C[C@@H]1c1c2c[nH]c1C(=O)OCc1ccccc1. The fourth-order valence-electron chi connectivity index (χ4n) is 4.63. The Balaban J connectivity index is 1.61. The number of benzene rings is 1. The molecule has 0 spiro atoms. The first kappa shape index (κ1) is 17.3. The van der Waals surface area contributed by atoms with E-state index in [9.17, 15) is 14.4 Å². The molecule has 2 aromatic rings. The second-order valence-electron chi connectivity index (χ2n) is 7.02. The Morgan fingerprint density at radius 1 is 1.15 bits per heavy atom. The van der Waals surface area contributed by atoms with Crippen LogP contribution in [0, 0.1) is 11.8 Å². The Labute approximate surface area is 155 Å². The standard InChI is InChI=1S/C20H20N2O5/c1-26-19(24)16-12-7-11(15(16)18(21)23)13-8-22-17(14(12)13)20(25)27-9-10-5-3-2-4-6-10/h2-6,8,11-12,15-16,22H,7,9H2,1H3,(H2,21,23)/t11-,12+,15-,16-/m0/s1. The van der Waals surface area contributed by atoms with Crippen molar-refractivity contribution in [2.45, 2.75) is 24.9 Å². The maximum absolute atomic E-state index is 12.6. The first-order valence-corrected chi connectivity index (χ1v) is 8.82. The van der Waals surface area contributed by atoms with E-state index in [1.54, 1.807) is 6.20 Å². The average Bonchev–Trinajstić information content (AvgIpc) is 3.36. The molecule has 7 heteroatoms. The number of hydrogen-bond donors (Lipinski definition) is 2. The van der Waals surface area contributed by atoms with E-state index in [1.807, 2.05) is 30.3 Å². The van der Waals surface area contributed by atoms with E-state index in [0.717, 1.165) is 16.7 Å². The van der Waals surface area contributed by atoms with Crippen LogP contribution in [-0.2, 0) is 25.7 Å². The number of nitrogens with two attached hydrogens (primary N) is 1. The van der Waals surface area contributed by atoms with Crippen molar-refractivity contribution < 1.29 is 23.9 Å². The van der Waals surface area contributed by atoms with Gasteiger partial charge in [-0.1, -0.05) is 30.3 Å². The zero-order chi connectivity index (χ0) is 19.1. The molecule has 2 aliphatic rings. The summed E-state index contributed by atoms with van der Waals surface area (Å²) < 4.78 is 10.3. The molecule has 0 aliphatic heterocycles. The lowest BCUT2D eigenvalue weighted by Crippen LogP contribution is -2.38. The first-order valence-electron chi connectivity index (χ1n) is 8.82. The smallest absolute Gasteiger partial charge is 0.355 e. The van der Waals surface area contributed by atoms with E-state index in [-0.39, 0.29) is 18.4 Å². The van der Waals surface area contributed by atoms with Crippen LogP contribution >= 0.6 is 0 Å². The number of hydrogen-bond acceptors (Lipinski definition) is 5. The second-order valence-corrected chi connectivity index (χ2v) is 7.02. The summed E-state index contributed by atoms with van der Waals surface area (Å²) >= 11 is 0. The summed E-state index contributed by atoms with van der Waals surface area (Å²) in [5, 5.41) is 0. The van der Waals surface area contributed by atoms with Gasteiger partial charge in [0.1, 0.15) is 12.3 Å². The number of aromatic amines is 1. The number of rotatable bonds is 5. The minimum absolute atomic E-state index is 0.159. The van der Waals surface area contributed by atoms with Gasteiger partial charge in [0.15, 0.2) is 0 Å². The minimum atomic E-state index is -0.665. The third kappa shape index (κ3) is 2.70. The van der Waals surface area contributed by atoms with Crippen LogP contribution in [0.3, 0.4) is 0 Å². The van der Waals surface area contributed by atoms with Crippen molar-refractivity contribution >= 4 is 17.8 Å². The maximum Gasteiger partial charge on any atom is 0.355 e. The summed E-state index contributed by atoms with van der Waals surface area (Å²) in [6.07, 6.45) is 2.33. The number of carbonyl (C=O) groups is 3. The number of nitrogens with one attached hydrogen (secondary N) is 1. The normalized spacial score (nSPS) is 25.1. The van der Waals surface area contributed by atoms with Crippen LogP contribution in [0.15, 0.2) is 36.5 Å². The van der Waals surface area contributed by atoms with Crippen molar-refractivity contribution in [2.75, 3.05) is 7.11 Å². The van der Waals surface area contributed by atoms with E-state index >= 15 is 0 Å². The molecule has 0 radical (unpaired) electrons. The van der Waals surface area contributed by atoms with Gasteiger partial charge in [-0.3, -0.25) is 9.59 Å². The van der Waals surface area contributed by atoms with Gasteiger partial charge in [-0.25, -0.2) is 4.79 Å². The molecule has 1 amide bonds. The predicted octanol–water partition coefficient (Wildman–Crippen LogP) is 1.85. The Hall–Kier alpha value is -3.09. The van der Waals surface area contributed by atoms with Crippen LogP contribution in [0.1, 0.15) is 45.4 Å². The molecule has 0 saturated heterocycles. The lowest BCUT2D eigenvalue weighted by atomic mass is 9.76. The van der Waals surface area contributed by atoms with Crippen molar-refractivity contribution in [1.29, 1.82) is 0 Å². The highest BCUT2D eigenvalue weighted by molar-refractivity contribution is 5.93. The summed E-state index contributed by atoms with van der Waals surface area (Å²) in [7, 11) is 1.29. The zero-order valence-corrected chi connectivity index (χ0v) is 14.8. The molecular formula is C20H20N2O5. The molecule has 7 nitrogen and oxygen atoms in total. The molecule has 2 aliphatic carbocycles. The van der Waals surface area contributed by atoms with Crippen LogP contribution in [0.5, 0.6) is 0 Å². The number of amides is 1. The van der Waals surface area contributed by atoms with Crippen molar-refractivity contribution in [3.63, 3.8) is 0 Å². The summed E-state index contributed by atoms with van der Waals surface area (Å²) in [6.45, 7) is 0.159. The van der Waals surface area contributed by atoms with Crippen LogP contribution < -0.4 is 5.73 Å². The van der Waals surface area contributed by atoms with Crippen LogP contribution in [0.4, 0.5) is 0 Å². The monoisotopic (exact) mass is 368 g/mol. The summed E-state index contributed by atoms with van der Waals surface area (Å²) in [5.41, 5.74) is 8.41. The van der Waals surface area contributed by atoms with E-state index in [2.05, 4.69) is 4.98 Å². The molecule has 1 aromatic carbocycles. The fraction of sp³-hybridized carbons (Fsp3) is 0.350. The van der Waals surface area contributed by atoms with Crippen molar-refractivity contribution in [3.05, 3.63) is 58.9 Å². The van der Waals surface area contributed by atoms with E-state index in [4.69, 9.17) is 15.2 Å². The lowest BCUT2D eigenvalue weighted by Gasteiger charge is -2.27. The molecule has 1 heterocycles. The summed E-state index contributed by atoms with van der Waals surface area (Å²) in [4.78, 5) is 39.8. The molecule has 4 rings (SSSR count). The number of methoxy groups -OCH3 is 1. The number of fused-ring (bicyclic) bond motifs is 5. The quantitative estimate of drug-likeness (QED) is 0.782. The number of primary amides is 1. The Morgan fingerprint density at radius 2 is 1.89 bits per heavy atom. The summed E-state index contributed by atoms with van der Waals surface area (Å²) in [6, 6.07) is 9.39. The van der Waals surface area contributed by atoms with E-state index < -0.39 is 29.7 Å². The molecule has 27 heavy (non-hydrogen) atoms. The van der Waals surface area contributed by atoms with Gasteiger partial charge in [0.25, 0.3) is 0 Å². The molecule has 4 atom stereocenters. The topological polar surface area (TPSA) is 111 Å². The highest BCUT2D eigenvalue weighted by atomic mass is 16.5. The van der Waals surface area contributed by atoms with Gasteiger partial charge >= 0.3 is 11.9 Å². The number of esters is 2. The molecule has 140 valence electrons. The minimum Gasteiger partial charge on any atom is -0.469 e. The van der Waals surface area contributed by atoms with Gasteiger partial charge < -0.3 is 20.2 Å². The molecule has 1 fully saturated rings. The maximum atomic E-state index is 12.6. The van der Waals surface area contributed by atoms with E-state index in [0.29, 0.717) is 12.1 Å². The van der Waals surface area contributed by atoms with Crippen LogP contribution in [0.25, 0.3) is 0 Å². The molecule has 1 saturated carbocycles. The predicted molar refractivity (Wildman–Crippen MR) is 94.6 cm³/mol. The lowest BCUT2D eigenvalue weighted by molar-refractivity contribution is -0.149. The van der Waals surface area contributed by atoms with Gasteiger partial charge in [-0.2, -0.15) is 0 Å². The molecule has 1 aromatic heterocycles. The average molecular weight is 368 g/mol. The molecular weight excluding hydrogens is 348 g/mol. The fourth-order valence-corrected chi connectivity index (χ4v) is 4.63. The summed E-state index contributed by atoms with van der Waals surface area (Å²) in [5.74, 6) is -3.20. The molecule has 3 N–H and O–H groups in total. The van der Waals surface area contributed by atoms with Crippen LogP contribution in [0.2, 0.25) is 0 Å². The van der Waals surface area contributed by atoms with Gasteiger partial charge in [-0.15, -0.1) is 0 Å². The molecule has 0 unspecified atom stereocenters. The van der Waals surface area contributed by atoms with Crippen LogP contribution in [-0.4, -0.2) is 29.9 Å². The van der Waals surface area contributed by atoms with Crippen molar-refractivity contribution in [3.8, 4) is 0 Å². The number of H-pyrrole nitrogens is 1. The van der Waals surface area contributed by atoms with Crippen molar-refractivity contribution in [1.82, 2.24) is 4.98 Å². The number of carbonyl (C=O) groups excluding carboxylic acids is 3. The number of ether oxygens (including phenoxy) is 2. The van der Waals surface area contributed by atoms with Gasteiger partial charge in [0.2, 0.25) is 5.91 Å². The van der Waals surface area contributed by atoms with Gasteiger partial charge in [0.05, 0.1) is 18.9 Å². The Bertz CT molecular complexity index is 904. The third-order valence-corrected chi connectivity index (χ3v) is 5.70. The largest absolute Gasteiger partial charge is 0.469 e. The molecule has 2 bridgehead atoms. The zero-order valence-electron chi connectivity index (χ0n) is 14.8. The van der Waals surface area contributed by atoms with Crippen molar-refractivity contribution in [2.24, 2.45) is 17.6 Å². The Morgan fingerprint density at radius 3 is 2.56 bits per heavy atom. The first-order chi connectivity index (χ1) is 13.0. The van der Waals surface area contributed by atoms with E-state index in [1.165, 1.54) is 7.11 Å². The highest BCUT2D eigenvalue weighted by Crippen LogP contribution is 2.60.